The molecule has 0 aliphatic heterocycles. The average molecular weight is 288 g/mol. The highest BCUT2D eigenvalue weighted by molar-refractivity contribution is 7.99. The Labute approximate surface area is 115 Å². The van der Waals surface area contributed by atoms with E-state index in [1.165, 1.54) is 12.1 Å². The molecule has 1 atom stereocenters. The van der Waals surface area contributed by atoms with Gasteiger partial charge in [-0.2, -0.15) is 30.2 Å². The number of nitriles is 1. The van der Waals surface area contributed by atoms with E-state index in [0.717, 1.165) is 12.5 Å². The Balaban J connectivity index is 2.80. The summed E-state index contributed by atoms with van der Waals surface area (Å²) in [4.78, 5) is 0. The van der Waals surface area contributed by atoms with Gasteiger partial charge in [-0.3, -0.25) is 0 Å². The van der Waals surface area contributed by atoms with Crippen LogP contribution >= 0.6 is 11.8 Å². The second-order valence-corrected chi connectivity index (χ2v) is 5.41. The summed E-state index contributed by atoms with van der Waals surface area (Å²) in [6.07, 6.45) is -1.65. The van der Waals surface area contributed by atoms with Gasteiger partial charge in [0, 0.05) is 17.5 Å². The van der Waals surface area contributed by atoms with Gasteiger partial charge < -0.3 is 5.32 Å². The van der Waals surface area contributed by atoms with Crippen LogP contribution in [0.1, 0.15) is 24.5 Å². The van der Waals surface area contributed by atoms with Crippen molar-refractivity contribution in [3.05, 3.63) is 29.3 Å². The fraction of sp³-hybridized carbons (Fsp3) is 0.462. The van der Waals surface area contributed by atoms with Crippen LogP contribution < -0.4 is 5.32 Å². The zero-order valence-electron chi connectivity index (χ0n) is 10.7. The van der Waals surface area contributed by atoms with E-state index in [2.05, 4.69) is 12.2 Å². The first-order valence-corrected chi connectivity index (χ1v) is 7.05. The fourth-order valence-corrected chi connectivity index (χ4v) is 1.88. The lowest BCUT2D eigenvalue weighted by atomic mass is 10.1. The highest BCUT2D eigenvalue weighted by Gasteiger charge is 2.33. The minimum absolute atomic E-state index is 0.351. The van der Waals surface area contributed by atoms with Crippen molar-refractivity contribution < 1.29 is 13.2 Å². The predicted molar refractivity (Wildman–Crippen MR) is 72.2 cm³/mol. The van der Waals surface area contributed by atoms with Crippen molar-refractivity contribution in [1.29, 1.82) is 5.26 Å². The molecule has 1 N–H and O–H groups in total. The molecule has 0 saturated heterocycles. The number of nitrogens with zero attached hydrogens (tertiary/aromatic N) is 1. The molecule has 0 radical (unpaired) electrons. The third-order valence-electron chi connectivity index (χ3n) is 2.73. The van der Waals surface area contributed by atoms with Crippen LogP contribution in [0.2, 0.25) is 0 Å². The largest absolute Gasteiger partial charge is 0.417 e. The van der Waals surface area contributed by atoms with Crippen LogP contribution in [0.3, 0.4) is 0 Å². The van der Waals surface area contributed by atoms with E-state index in [1.54, 1.807) is 17.8 Å². The van der Waals surface area contributed by atoms with Gasteiger partial charge >= 0.3 is 6.18 Å². The van der Waals surface area contributed by atoms with Crippen LogP contribution in [0.4, 0.5) is 18.9 Å². The molecule has 2 nitrogen and oxygen atoms in total. The first kappa shape index (κ1) is 15.7. The molecule has 0 spiro atoms. The number of thioether (sulfide) groups is 1. The maximum atomic E-state index is 12.7. The normalized spacial score (nSPS) is 12.8. The monoisotopic (exact) mass is 288 g/mol. The molecule has 0 aliphatic carbocycles. The Morgan fingerprint density at radius 3 is 2.63 bits per heavy atom. The second kappa shape index (κ2) is 6.71. The molecule has 0 amide bonds. The van der Waals surface area contributed by atoms with Gasteiger partial charge in [-0.1, -0.05) is 6.92 Å². The van der Waals surface area contributed by atoms with Crippen LogP contribution in [0.25, 0.3) is 0 Å². The summed E-state index contributed by atoms with van der Waals surface area (Å²) >= 11 is 1.71. The zero-order chi connectivity index (χ0) is 14.5. The average Bonchev–Trinajstić information content (AvgIpc) is 2.37. The summed E-state index contributed by atoms with van der Waals surface area (Å²) in [5.41, 5.74) is -0.854. The van der Waals surface area contributed by atoms with Crippen molar-refractivity contribution in [2.24, 2.45) is 0 Å². The van der Waals surface area contributed by atoms with Crippen LogP contribution in [-0.4, -0.2) is 18.1 Å². The molecule has 0 aliphatic rings. The van der Waals surface area contributed by atoms with Crippen LogP contribution in [0.15, 0.2) is 18.2 Å². The quantitative estimate of drug-likeness (QED) is 0.885. The molecule has 19 heavy (non-hydrogen) atoms. The number of anilines is 1. The number of hydrogen-bond donors (Lipinski definition) is 1. The minimum atomic E-state index is -4.50. The van der Waals surface area contributed by atoms with E-state index >= 15 is 0 Å². The third kappa shape index (κ3) is 4.67. The molecular weight excluding hydrogens is 273 g/mol. The van der Waals surface area contributed by atoms with Gasteiger partial charge in [-0.05, 0) is 30.9 Å². The van der Waals surface area contributed by atoms with Crippen LogP contribution in [0.5, 0.6) is 0 Å². The lowest BCUT2D eigenvalue weighted by Gasteiger charge is -2.13. The number of benzene rings is 1. The highest BCUT2D eigenvalue weighted by atomic mass is 32.2. The van der Waals surface area contributed by atoms with Gasteiger partial charge in [0.1, 0.15) is 0 Å². The highest BCUT2D eigenvalue weighted by Crippen LogP contribution is 2.33. The maximum Gasteiger partial charge on any atom is 0.417 e. The summed E-state index contributed by atoms with van der Waals surface area (Å²) in [6.45, 7) is 2.66. The molecule has 0 fully saturated rings. The van der Waals surface area contributed by atoms with Gasteiger partial charge in [0.15, 0.2) is 0 Å². The maximum absolute atomic E-state index is 12.7. The smallest absolute Gasteiger partial charge is 0.385 e. The number of hydrogen-bond acceptors (Lipinski definition) is 3. The molecule has 0 aromatic heterocycles. The van der Waals surface area contributed by atoms with Gasteiger partial charge in [-0.15, -0.1) is 0 Å². The second-order valence-electron chi connectivity index (χ2n) is 4.13. The summed E-state index contributed by atoms with van der Waals surface area (Å²) in [5, 5.41) is 12.1. The van der Waals surface area contributed by atoms with E-state index in [-0.39, 0.29) is 5.56 Å². The lowest BCUT2D eigenvalue weighted by Crippen LogP contribution is -2.11. The first-order valence-electron chi connectivity index (χ1n) is 5.76. The zero-order valence-corrected chi connectivity index (χ0v) is 11.5. The number of rotatable bonds is 5. The Morgan fingerprint density at radius 2 is 2.11 bits per heavy atom. The van der Waals surface area contributed by atoms with Crippen LogP contribution in [-0.2, 0) is 6.18 Å². The van der Waals surface area contributed by atoms with Crippen molar-refractivity contribution >= 4 is 17.4 Å². The van der Waals surface area contributed by atoms with Crippen molar-refractivity contribution in [2.75, 3.05) is 18.1 Å². The molecule has 104 valence electrons. The molecule has 6 heteroatoms. The van der Waals surface area contributed by atoms with Gasteiger partial charge in [-0.25, -0.2) is 0 Å². The SMILES string of the molecule is CSC(C)CCNc1ccc(C#N)c(C(F)(F)F)c1. The topological polar surface area (TPSA) is 35.8 Å². The Morgan fingerprint density at radius 1 is 1.42 bits per heavy atom. The van der Waals surface area contributed by atoms with Crippen molar-refractivity contribution in [2.45, 2.75) is 24.8 Å². The molecule has 1 rings (SSSR count). The summed E-state index contributed by atoms with van der Waals surface area (Å²) in [5.74, 6) is 0. The van der Waals surface area contributed by atoms with Crippen molar-refractivity contribution in [3.63, 3.8) is 0 Å². The summed E-state index contributed by atoms with van der Waals surface area (Å²) in [6, 6.07) is 5.25. The standard InChI is InChI=1S/C13H15F3N2S/c1-9(19-2)5-6-18-11-4-3-10(8-17)12(7-11)13(14,15)16/h3-4,7,9,18H,5-6H2,1-2H3. The Hall–Kier alpha value is -1.35. The van der Waals surface area contributed by atoms with E-state index in [1.807, 2.05) is 6.26 Å². The molecule has 1 unspecified atom stereocenters. The van der Waals surface area contributed by atoms with E-state index in [0.29, 0.717) is 17.5 Å². The first-order chi connectivity index (χ1) is 8.88. The van der Waals surface area contributed by atoms with Gasteiger partial charge in [0.05, 0.1) is 17.2 Å². The van der Waals surface area contributed by atoms with Gasteiger partial charge in [0.25, 0.3) is 0 Å². The molecule has 0 bridgehead atoms. The Kier molecular flexibility index (Phi) is 5.55. The van der Waals surface area contributed by atoms with Crippen LogP contribution in [0, 0.1) is 11.3 Å². The molecular formula is C13H15F3N2S. The lowest BCUT2D eigenvalue weighted by molar-refractivity contribution is -0.137. The summed E-state index contributed by atoms with van der Waals surface area (Å²) in [7, 11) is 0. The van der Waals surface area contributed by atoms with Crippen molar-refractivity contribution in [1.82, 2.24) is 0 Å². The third-order valence-corrected chi connectivity index (χ3v) is 3.77. The number of alkyl halides is 3. The fourth-order valence-electron chi connectivity index (χ4n) is 1.52. The molecule has 0 saturated carbocycles. The minimum Gasteiger partial charge on any atom is -0.385 e. The van der Waals surface area contributed by atoms with Crippen molar-refractivity contribution in [3.8, 4) is 6.07 Å². The number of nitrogens with one attached hydrogen (secondary N) is 1. The van der Waals surface area contributed by atoms with Gasteiger partial charge in [0.2, 0.25) is 0 Å². The van der Waals surface area contributed by atoms with E-state index < -0.39 is 11.7 Å². The molecule has 1 aromatic rings. The Bertz CT molecular complexity index is 466. The molecule has 0 heterocycles. The van der Waals surface area contributed by atoms with E-state index in [4.69, 9.17) is 5.26 Å². The number of halogens is 3. The summed E-state index contributed by atoms with van der Waals surface area (Å²) < 4.78 is 38.2. The predicted octanol–water partition coefficient (Wildman–Crippen LogP) is 4.13. The molecule has 1 aromatic carbocycles. The van der Waals surface area contributed by atoms with E-state index in [9.17, 15) is 13.2 Å².